The van der Waals surface area contributed by atoms with Gasteiger partial charge in [-0.15, -0.1) is 23.5 Å². The van der Waals surface area contributed by atoms with E-state index in [0.29, 0.717) is 9.93 Å². The summed E-state index contributed by atoms with van der Waals surface area (Å²) in [6, 6.07) is 9.36. The van der Waals surface area contributed by atoms with Crippen LogP contribution in [0.1, 0.15) is 12.5 Å². The molecule has 2 N–H and O–H groups in total. The molecule has 0 bridgehead atoms. The molecule has 0 spiro atoms. The van der Waals surface area contributed by atoms with E-state index in [0.717, 1.165) is 16.2 Å². The molecule has 0 saturated heterocycles. The van der Waals surface area contributed by atoms with Crippen LogP contribution >= 0.6 is 35.1 Å². The number of hydrogen-bond donors (Lipinski definition) is 1. The molecule has 0 aliphatic rings. The van der Waals surface area contributed by atoms with Gasteiger partial charge in [0.2, 0.25) is 5.91 Å². The molecule has 0 atom stereocenters. The van der Waals surface area contributed by atoms with Crippen LogP contribution in [0.15, 0.2) is 29.2 Å². The molecular weight excluding hydrogens is 300 g/mol. The highest BCUT2D eigenvalue weighted by molar-refractivity contribution is 8.11. The molecule has 1 aromatic carbocycles. The zero-order chi connectivity index (χ0) is 14.3. The van der Waals surface area contributed by atoms with Gasteiger partial charge in [-0.3, -0.25) is 4.79 Å². The molecule has 3 nitrogen and oxygen atoms in total. The van der Waals surface area contributed by atoms with Crippen LogP contribution in [-0.2, 0) is 4.79 Å². The van der Waals surface area contributed by atoms with Crippen LogP contribution in [-0.4, -0.2) is 17.4 Å². The third-order valence-corrected chi connectivity index (χ3v) is 4.47. The number of nitriles is 1. The third-order valence-electron chi connectivity index (χ3n) is 2.06. The first-order chi connectivity index (χ1) is 9.08. The summed E-state index contributed by atoms with van der Waals surface area (Å²) in [5.74, 6) is 0.528. The summed E-state index contributed by atoms with van der Waals surface area (Å²) in [5.41, 5.74) is 6.03. The molecule has 0 fully saturated rings. The first kappa shape index (κ1) is 16.0. The lowest BCUT2D eigenvalue weighted by atomic mass is 10.2. The van der Waals surface area contributed by atoms with E-state index < -0.39 is 5.91 Å². The van der Waals surface area contributed by atoms with Crippen molar-refractivity contribution >= 4 is 45.9 Å². The lowest BCUT2D eigenvalue weighted by molar-refractivity contribution is -0.115. The normalized spacial score (nSPS) is 11.6. The monoisotopic (exact) mass is 312 g/mol. The molecule has 100 valence electrons. The van der Waals surface area contributed by atoms with Gasteiger partial charge in [0.1, 0.15) is 6.07 Å². The highest BCUT2D eigenvalue weighted by atomic mass is 35.5. The van der Waals surface area contributed by atoms with Crippen molar-refractivity contribution in [3.63, 3.8) is 0 Å². The number of nitrogens with zero attached hydrogens (tertiary/aromatic N) is 1. The molecule has 1 aromatic rings. The summed E-state index contributed by atoms with van der Waals surface area (Å²) in [6.45, 7) is 1.97. The van der Waals surface area contributed by atoms with Gasteiger partial charge in [-0.2, -0.15) is 5.26 Å². The zero-order valence-electron chi connectivity index (χ0n) is 10.4. The molecule has 0 aliphatic carbocycles. The molecule has 0 aliphatic heterocycles. The van der Waals surface area contributed by atoms with Crippen LogP contribution in [0.2, 0.25) is 5.02 Å². The Labute approximate surface area is 126 Å². The largest absolute Gasteiger partial charge is 0.369 e. The van der Waals surface area contributed by atoms with E-state index >= 15 is 0 Å². The standard InChI is InChI=1S/C13H13ClN2OS2/c1-2-18-11(7-15)13(19-8-12(16)17)9-3-5-10(14)6-4-9/h3-6H,2,8H2,1H3,(H2,16,17)/b13-11+. The Balaban J connectivity index is 3.14. The number of thioether (sulfide) groups is 2. The van der Waals surface area contributed by atoms with Gasteiger partial charge in [0.05, 0.1) is 10.7 Å². The van der Waals surface area contributed by atoms with Gasteiger partial charge in [-0.1, -0.05) is 30.7 Å². The number of primary amides is 1. The second-order valence-electron chi connectivity index (χ2n) is 3.46. The quantitative estimate of drug-likeness (QED) is 0.816. The number of hydrogen-bond acceptors (Lipinski definition) is 4. The second-order valence-corrected chi connectivity index (χ2v) is 6.16. The Kier molecular flexibility index (Phi) is 6.85. The Bertz CT molecular complexity index is 520. The van der Waals surface area contributed by atoms with Crippen LogP contribution < -0.4 is 5.73 Å². The number of nitrogens with two attached hydrogens (primary N) is 1. The van der Waals surface area contributed by atoms with Crippen molar-refractivity contribution in [1.29, 1.82) is 5.26 Å². The topological polar surface area (TPSA) is 66.9 Å². The fourth-order valence-electron chi connectivity index (χ4n) is 1.32. The van der Waals surface area contributed by atoms with Crippen molar-refractivity contribution in [3.05, 3.63) is 39.8 Å². The lowest BCUT2D eigenvalue weighted by Crippen LogP contribution is -2.13. The average Bonchev–Trinajstić information content (AvgIpc) is 2.39. The SMILES string of the molecule is CCS/C(C#N)=C(/SCC(N)=O)c1ccc(Cl)cc1. The molecular formula is C13H13ClN2OS2. The number of halogens is 1. The maximum Gasteiger partial charge on any atom is 0.227 e. The molecule has 0 aromatic heterocycles. The highest BCUT2D eigenvalue weighted by Gasteiger charge is 2.12. The van der Waals surface area contributed by atoms with Crippen LogP contribution in [0, 0.1) is 11.3 Å². The van der Waals surface area contributed by atoms with Crippen molar-refractivity contribution in [3.8, 4) is 6.07 Å². The lowest BCUT2D eigenvalue weighted by Gasteiger charge is -2.09. The van der Waals surface area contributed by atoms with Crippen molar-refractivity contribution in [1.82, 2.24) is 0 Å². The predicted octanol–water partition coefficient (Wildman–Crippen LogP) is 3.50. The number of allylic oxidation sites excluding steroid dienone is 1. The number of rotatable bonds is 6. The Morgan fingerprint density at radius 3 is 2.47 bits per heavy atom. The smallest absolute Gasteiger partial charge is 0.227 e. The number of carbonyl (C=O) groups excluding carboxylic acids is 1. The number of benzene rings is 1. The summed E-state index contributed by atoms with van der Waals surface area (Å²) in [5, 5.41) is 9.85. The summed E-state index contributed by atoms with van der Waals surface area (Å²) < 4.78 is 0. The van der Waals surface area contributed by atoms with Crippen LogP contribution in [0.5, 0.6) is 0 Å². The maximum absolute atomic E-state index is 10.9. The predicted molar refractivity (Wildman–Crippen MR) is 83.8 cm³/mol. The van der Waals surface area contributed by atoms with Gasteiger partial charge >= 0.3 is 0 Å². The van der Waals surface area contributed by atoms with Crippen molar-refractivity contribution in [2.24, 2.45) is 5.73 Å². The molecule has 19 heavy (non-hydrogen) atoms. The second kappa shape index (κ2) is 8.16. The van der Waals surface area contributed by atoms with Gasteiger partial charge in [-0.05, 0) is 23.4 Å². The van der Waals surface area contributed by atoms with E-state index in [9.17, 15) is 10.1 Å². The molecule has 0 radical (unpaired) electrons. The first-order valence-electron chi connectivity index (χ1n) is 5.52. The van der Waals surface area contributed by atoms with Crippen molar-refractivity contribution in [2.75, 3.05) is 11.5 Å². The van der Waals surface area contributed by atoms with Crippen LogP contribution in [0.3, 0.4) is 0 Å². The van der Waals surface area contributed by atoms with E-state index in [1.54, 1.807) is 12.1 Å². The first-order valence-corrected chi connectivity index (χ1v) is 7.87. The third kappa shape index (κ3) is 5.19. The molecule has 0 saturated carbocycles. The molecule has 6 heteroatoms. The minimum Gasteiger partial charge on any atom is -0.369 e. The summed E-state index contributed by atoms with van der Waals surface area (Å²) in [4.78, 5) is 12.3. The van der Waals surface area contributed by atoms with E-state index in [1.165, 1.54) is 23.5 Å². The fourth-order valence-corrected chi connectivity index (χ4v) is 3.17. The van der Waals surface area contributed by atoms with E-state index in [1.807, 2.05) is 19.1 Å². The van der Waals surface area contributed by atoms with E-state index in [2.05, 4.69) is 6.07 Å². The molecule has 0 unspecified atom stereocenters. The summed E-state index contributed by atoms with van der Waals surface area (Å²) in [6.07, 6.45) is 0. The maximum atomic E-state index is 10.9. The number of amides is 1. The number of carbonyl (C=O) groups is 1. The van der Waals surface area contributed by atoms with Crippen LogP contribution in [0.25, 0.3) is 4.91 Å². The van der Waals surface area contributed by atoms with Gasteiger partial charge in [0.25, 0.3) is 0 Å². The molecule has 0 heterocycles. The van der Waals surface area contributed by atoms with Crippen molar-refractivity contribution < 1.29 is 4.79 Å². The van der Waals surface area contributed by atoms with Crippen molar-refractivity contribution in [2.45, 2.75) is 6.92 Å². The fraction of sp³-hybridized carbons (Fsp3) is 0.231. The van der Waals surface area contributed by atoms with Gasteiger partial charge in [-0.25, -0.2) is 0 Å². The van der Waals surface area contributed by atoms with E-state index in [4.69, 9.17) is 17.3 Å². The van der Waals surface area contributed by atoms with Gasteiger partial charge in [0, 0.05) is 9.93 Å². The van der Waals surface area contributed by atoms with Gasteiger partial charge < -0.3 is 5.73 Å². The van der Waals surface area contributed by atoms with E-state index in [-0.39, 0.29) is 5.75 Å². The summed E-state index contributed by atoms with van der Waals surface area (Å²) >= 11 is 8.58. The average molecular weight is 313 g/mol. The summed E-state index contributed by atoms with van der Waals surface area (Å²) in [7, 11) is 0. The zero-order valence-corrected chi connectivity index (χ0v) is 12.7. The van der Waals surface area contributed by atoms with Gasteiger partial charge in [0.15, 0.2) is 0 Å². The Hall–Kier alpha value is -1.09. The highest BCUT2D eigenvalue weighted by Crippen LogP contribution is 2.35. The Morgan fingerprint density at radius 1 is 1.37 bits per heavy atom. The minimum absolute atomic E-state index is 0.146. The molecule has 1 amide bonds. The minimum atomic E-state index is -0.407. The van der Waals surface area contributed by atoms with Crippen LogP contribution in [0.4, 0.5) is 0 Å². The Morgan fingerprint density at radius 2 is 2.00 bits per heavy atom. The molecule has 1 rings (SSSR count).